The average molecular weight is 267 g/mol. The smallest absolute Gasteiger partial charge is 0.228 e. The predicted octanol–water partition coefficient (Wildman–Crippen LogP) is 1.51. The Morgan fingerprint density at radius 1 is 1.50 bits per heavy atom. The van der Waals surface area contributed by atoms with E-state index in [-0.39, 0.29) is 17.7 Å². The van der Waals surface area contributed by atoms with Crippen LogP contribution in [0.5, 0.6) is 0 Å². The number of nitrogens with zero attached hydrogens (tertiary/aromatic N) is 2. The zero-order valence-corrected chi connectivity index (χ0v) is 11.4. The highest BCUT2D eigenvalue weighted by molar-refractivity contribution is 7.13. The van der Waals surface area contributed by atoms with Gasteiger partial charge in [-0.25, -0.2) is 4.98 Å². The first-order valence-corrected chi connectivity index (χ1v) is 6.97. The van der Waals surface area contributed by atoms with Gasteiger partial charge in [0.25, 0.3) is 0 Å². The molecule has 18 heavy (non-hydrogen) atoms. The highest BCUT2D eigenvalue weighted by Gasteiger charge is 2.21. The normalized spacial score (nSPS) is 14.5. The van der Waals surface area contributed by atoms with E-state index in [1.807, 2.05) is 24.1 Å². The third kappa shape index (κ3) is 3.07. The highest BCUT2D eigenvalue weighted by Crippen LogP contribution is 2.18. The lowest BCUT2D eigenvalue weighted by Gasteiger charge is -2.30. The van der Waals surface area contributed by atoms with Gasteiger partial charge in [0.05, 0.1) is 12.1 Å². The van der Waals surface area contributed by atoms with Gasteiger partial charge in [-0.05, 0) is 6.42 Å². The first-order chi connectivity index (χ1) is 8.56. The molecule has 1 saturated heterocycles. The van der Waals surface area contributed by atoms with Crippen molar-refractivity contribution in [1.82, 2.24) is 9.88 Å². The van der Waals surface area contributed by atoms with Gasteiger partial charge in [-0.3, -0.25) is 9.59 Å². The summed E-state index contributed by atoms with van der Waals surface area (Å²) in [6.45, 7) is 5.38. The summed E-state index contributed by atoms with van der Waals surface area (Å²) >= 11 is 1.36. The van der Waals surface area contributed by atoms with Gasteiger partial charge in [-0.1, -0.05) is 13.8 Å². The second-order valence-electron chi connectivity index (χ2n) is 4.70. The second-order valence-corrected chi connectivity index (χ2v) is 5.56. The van der Waals surface area contributed by atoms with Crippen molar-refractivity contribution in [1.29, 1.82) is 0 Å². The summed E-state index contributed by atoms with van der Waals surface area (Å²) in [5.74, 6) is -0.00155. The van der Waals surface area contributed by atoms with Crippen molar-refractivity contribution in [3.63, 3.8) is 0 Å². The van der Waals surface area contributed by atoms with Gasteiger partial charge in [0.2, 0.25) is 11.8 Å². The molecule has 0 saturated carbocycles. The molecule has 0 atom stereocenters. The van der Waals surface area contributed by atoms with Crippen molar-refractivity contribution in [2.24, 2.45) is 5.92 Å². The van der Waals surface area contributed by atoms with E-state index >= 15 is 0 Å². The van der Waals surface area contributed by atoms with Crippen LogP contribution < -0.4 is 5.32 Å². The molecule has 6 heteroatoms. The molecule has 0 aromatic carbocycles. The molecule has 0 unspecified atom stereocenters. The number of hydrogen-bond acceptors (Lipinski definition) is 4. The monoisotopic (exact) mass is 267 g/mol. The first-order valence-electron chi connectivity index (χ1n) is 6.09. The van der Waals surface area contributed by atoms with Gasteiger partial charge in [-0.2, -0.15) is 0 Å². The molecule has 1 fully saturated rings. The maximum atomic E-state index is 11.7. The summed E-state index contributed by atoms with van der Waals surface area (Å²) in [5.41, 5.74) is 0.732. The number of carbonyl (C=O) groups excluding carboxylic acids is 2. The average Bonchev–Trinajstić information content (AvgIpc) is 2.62. The van der Waals surface area contributed by atoms with Crippen molar-refractivity contribution in [2.45, 2.75) is 26.7 Å². The van der Waals surface area contributed by atoms with Gasteiger partial charge in [-0.15, -0.1) is 11.3 Å². The number of aromatic nitrogens is 1. The van der Waals surface area contributed by atoms with Gasteiger partial charge >= 0.3 is 0 Å². The topological polar surface area (TPSA) is 62.3 Å². The standard InChI is InChI=1S/C12H17N3O2S/c1-8(2)11(17)14-12-13-9(7-18-12)6-10(16)15-4-3-5-15/h7-8H,3-6H2,1-2H3,(H,13,14,17). The van der Waals surface area contributed by atoms with E-state index in [9.17, 15) is 9.59 Å². The van der Waals surface area contributed by atoms with Gasteiger partial charge < -0.3 is 10.2 Å². The number of rotatable bonds is 4. The number of anilines is 1. The van der Waals surface area contributed by atoms with Crippen LogP contribution >= 0.6 is 11.3 Å². The molecule has 1 N–H and O–H groups in total. The van der Waals surface area contributed by atoms with E-state index < -0.39 is 0 Å². The number of amides is 2. The number of carbonyl (C=O) groups is 2. The fraction of sp³-hybridized carbons (Fsp3) is 0.583. The van der Waals surface area contributed by atoms with Crippen LogP contribution in [0.2, 0.25) is 0 Å². The maximum absolute atomic E-state index is 11.7. The third-order valence-corrected chi connectivity index (χ3v) is 3.65. The lowest BCUT2D eigenvalue weighted by molar-refractivity contribution is -0.133. The van der Waals surface area contributed by atoms with Crippen LogP contribution in [0.15, 0.2) is 5.38 Å². The third-order valence-electron chi connectivity index (χ3n) is 2.85. The summed E-state index contributed by atoms with van der Waals surface area (Å²) in [7, 11) is 0. The Bertz CT molecular complexity index is 452. The fourth-order valence-electron chi connectivity index (χ4n) is 1.53. The Morgan fingerprint density at radius 3 is 2.78 bits per heavy atom. The van der Waals surface area contributed by atoms with E-state index in [0.29, 0.717) is 11.6 Å². The molecular weight excluding hydrogens is 250 g/mol. The summed E-state index contributed by atoms with van der Waals surface area (Å²) < 4.78 is 0. The Hall–Kier alpha value is -1.43. The summed E-state index contributed by atoms with van der Waals surface area (Å²) in [4.78, 5) is 29.3. The predicted molar refractivity (Wildman–Crippen MR) is 70.5 cm³/mol. The lowest BCUT2D eigenvalue weighted by atomic mass is 10.2. The minimum atomic E-state index is -0.0694. The van der Waals surface area contributed by atoms with Crippen molar-refractivity contribution < 1.29 is 9.59 Å². The first kappa shape index (κ1) is 13.0. The molecule has 1 aromatic rings. The van der Waals surface area contributed by atoms with Crippen molar-refractivity contribution in [3.8, 4) is 0 Å². The zero-order chi connectivity index (χ0) is 13.1. The van der Waals surface area contributed by atoms with Crippen LogP contribution in [0.25, 0.3) is 0 Å². The molecule has 2 rings (SSSR count). The quantitative estimate of drug-likeness (QED) is 0.899. The molecule has 2 heterocycles. The van der Waals surface area contributed by atoms with Crippen LogP contribution in [0.4, 0.5) is 5.13 Å². The maximum Gasteiger partial charge on any atom is 0.228 e. The highest BCUT2D eigenvalue weighted by atomic mass is 32.1. The van der Waals surface area contributed by atoms with Crippen LogP contribution in [0, 0.1) is 5.92 Å². The van der Waals surface area contributed by atoms with Gasteiger partial charge in [0.15, 0.2) is 5.13 Å². The number of nitrogens with one attached hydrogen (secondary N) is 1. The number of thiazole rings is 1. The van der Waals surface area contributed by atoms with E-state index in [2.05, 4.69) is 10.3 Å². The molecule has 0 spiro atoms. The van der Waals surface area contributed by atoms with Crippen LogP contribution in [0.3, 0.4) is 0 Å². The minimum absolute atomic E-state index is 0.0510. The SMILES string of the molecule is CC(C)C(=O)Nc1nc(CC(=O)N2CCC2)cs1. The van der Waals surface area contributed by atoms with E-state index in [1.165, 1.54) is 11.3 Å². The van der Waals surface area contributed by atoms with Crippen LogP contribution in [0.1, 0.15) is 26.0 Å². The lowest BCUT2D eigenvalue weighted by Crippen LogP contribution is -2.42. The Balaban J connectivity index is 1.89. The van der Waals surface area contributed by atoms with Gasteiger partial charge in [0.1, 0.15) is 0 Å². The molecule has 1 aromatic heterocycles. The molecule has 5 nitrogen and oxygen atoms in total. The molecular formula is C12H17N3O2S. The molecule has 1 aliphatic heterocycles. The molecule has 1 aliphatic rings. The molecule has 2 amide bonds. The van der Waals surface area contributed by atoms with Crippen LogP contribution in [-0.2, 0) is 16.0 Å². The van der Waals surface area contributed by atoms with Gasteiger partial charge in [0, 0.05) is 24.4 Å². The number of hydrogen-bond donors (Lipinski definition) is 1. The Morgan fingerprint density at radius 2 is 2.22 bits per heavy atom. The summed E-state index contributed by atoms with van der Waals surface area (Å²) in [6.07, 6.45) is 1.42. The molecule has 98 valence electrons. The minimum Gasteiger partial charge on any atom is -0.342 e. The Labute approximate surface area is 110 Å². The summed E-state index contributed by atoms with van der Waals surface area (Å²) in [5, 5.41) is 5.13. The number of likely N-dealkylation sites (tertiary alicyclic amines) is 1. The van der Waals surface area contributed by atoms with E-state index in [4.69, 9.17) is 0 Å². The van der Waals surface area contributed by atoms with Crippen LogP contribution in [-0.4, -0.2) is 34.8 Å². The largest absolute Gasteiger partial charge is 0.342 e. The molecule has 0 radical (unpaired) electrons. The zero-order valence-electron chi connectivity index (χ0n) is 10.6. The molecule has 0 bridgehead atoms. The van der Waals surface area contributed by atoms with Crippen molar-refractivity contribution >= 4 is 28.3 Å². The molecule has 0 aliphatic carbocycles. The summed E-state index contributed by atoms with van der Waals surface area (Å²) in [6, 6.07) is 0. The second kappa shape index (κ2) is 5.48. The van der Waals surface area contributed by atoms with E-state index in [1.54, 1.807) is 0 Å². The van der Waals surface area contributed by atoms with Crippen molar-refractivity contribution in [2.75, 3.05) is 18.4 Å². The Kier molecular flexibility index (Phi) is 3.96. The van der Waals surface area contributed by atoms with E-state index in [0.717, 1.165) is 25.2 Å². The van der Waals surface area contributed by atoms with Crippen molar-refractivity contribution in [3.05, 3.63) is 11.1 Å². The fourth-order valence-corrected chi connectivity index (χ4v) is 2.24.